The van der Waals surface area contributed by atoms with Crippen LogP contribution in [0.25, 0.3) is 0 Å². The molecular formula is C28H33ClN4O2. The molecule has 3 atom stereocenters. The van der Waals surface area contributed by atoms with Crippen molar-refractivity contribution in [2.45, 2.75) is 56.6 Å². The zero-order valence-corrected chi connectivity index (χ0v) is 20.7. The summed E-state index contributed by atoms with van der Waals surface area (Å²) < 4.78 is 11.7. The highest BCUT2D eigenvalue weighted by Gasteiger charge is 2.36. The summed E-state index contributed by atoms with van der Waals surface area (Å²) in [7, 11) is 0. The number of ether oxygens (including phenoxy) is 2. The van der Waals surface area contributed by atoms with Crippen molar-refractivity contribution in [2.75, 3.05) is 31.2 Å². The lowest BCUT2D eigenvalue weighted by Gasteiger charge is -2.29. The van der Waals surface area contributed by atoms with E-state index in [0.29, 0.717) is 11.0 Å². The molecule has 7 heteroatoms. The van der Waals surface area contributed by atoms with Crippen molar-refractivity contribution in [1.29, 1.82) is 0 Å². The number of halogens is 1. The Balaban J connectivity index is 1.10. The molecule has 1 aliphatic carbocycles. The first-order valence-corrected chi connectivity index (χ1v) is 13.3. The van der Waals surface area contributed by atoms with Crippen LogP contribution in [0, 0.1) is 0 Å². The number of nitrogens with one attached hydrogen (secondary N) is 2. The minimum absolute atomic E-state index is 0.00890. The second-order valence-corrected chi connectivity index (χ2v) is 10.3. The molecule has 1 saturated carbocycles. The van der Waals surface area contributed by atoms with Crippen molar-refractivity contribution < 1.29 is 9.47 Å². The molecule has 2 saturated heterocycles. The van der Waals surface area contributed by atoms with Crippen molar-refractivity contribution in [3.63, 3.8) is 0 Å². The highest BCUT2D eigenvalue weighted by atomic mass is 35.5. The molecule has 0 spiro atoms. The third-order valence-corrected chi connectivity index (χ3v) is 7.86. The fourth-order valence-corrected chi connectivity index (χ4v) is 5.88. The van der Waals surface area contributed by atoms with Crippen molar-refractivity contribution in [3.8, 4) is 5.75 Å². The third-order valence-electron chi connectivity index (χ3n) is 7.55. The summed E-state index contributed by atoms with van der Waals surface area (Å²) in [5.74, 6) is 1.55. The van der Waals surface area contributed by atoms with E-state index in [4.69, 9.17) is 26.1 Å². The predicted molar refractivity (Wildman–Crippen MR) is 140 cm³/mol. The Morgan fingerprint density at radius 1 is 0.914 bits per heavy atom. The molecule has 0 aromatic heterocycles. The SMILES string of the molecule is ClC1=CC2NC(Oc3ccc(C4CCCCC4)cc3)NC2N=C1c1ccc(N2CCOCC2)cc1. The van der Waals surface area contributed by atoms with E-state index in [9.17, 15) is 0 Å². The van der Waals surface area contributed by atoms with Crippen LogP contribution < -0.4 is 20.3 Å². The van der Waals surface area contributed by atoms with E-state index < -0.39 is 0 Å². The van der Waals surface area contributed by atoms with Crippen molar-refractivity contribution in [3.05, 3.63) is 70.8 Å². The number of hydrogen-bond acceptors (Lipinski definition) is 6. The molecule has 184 valence electrons. The minimum Gasteiger partial charge on any atom is -0.462 e. The van der Waals surface area contributed by atoms with Gasteiger partial charge in [0.1, 0.15) is 11.9 Å². The van der Waals surface area contributed by atoms with Crippen LogP contribution in [0.3, 0.4) is 0 Å². The lowest BCUT2D eigenvalue weighted by Crippen LogP contribution is -2.38. The average molecular weight is 493 g/mol. The molecule has 2 aromatic rings. The molecule has 3 unspecified atom stereocenters. The van der Waals surface area contributed by atoms with Gasteiger partial charge in [-0.15, -0.1) is 0 Å². The predicted octanol–water partition coefficient (Wildman–Crippen LogP) is 4.75. The van der Waals surface area contributed by atoms with Crippen LogP contribution in [0.5, 0.6) is 5.75 Å². The molecule has 6 rings (SSSR count). The van der Waals surface area contributed by atoms with Gasteiger partial charge < -0.3 is 14.4 Å². The highest BCUT2D eigenvalue weighted by molar-refractivity contribution is 6.46. The van der Waals surface area contributed by atoms with Crippen LogP contribution in [0.1, 0.15) is 49.1 Å². The third kappa shape index (κ3) is 5.12. The number of dihydropyridines is 1. The Kier molecular flexibility index (Phi) is 6.79. The fraction of sp³-hybridized carbons (Fsp3) is 0.464. The van der Waals surface area contributed by atoms with Crippen LogP contribution in [-0.2, 0) is 4.74 Å². The summed E-state index contributed by atoms with van der Waals surface area (Å²) >= 11 is 6.67. The molecule has 2 N–H and O–H groups in total. The molecule has 2 aromatic carbocycles. The highest BCUT2D eigenvalue weighted by Crippen LogP contribution is 2.33. The van der Waals surface area contributed by atoms with Gasteiger partial charge >= 0.3 is 0 Å². The lowest BCUT2D eigenvalue weighted by atomic mass is 9.84. The number of hydrogen-bond donors (Lipinski definition) is 2. The Labute approximate surface area is 212 Å². The summed E-state index contributed by atoms with van der Waals surface area (Å²) in [6, 6.07) is 17.1. The number of aliphatic imine (C=N–C) groups is 1. The Morgan fingerprint density at radius 3 is 2.40 bits per heavy atom. The summed E-state index contributed by atoms with van der Waals surface area (Å²) in [5.41, 5.74) is 4.47. The van der Waals surface area contributed by atoms with Gasteiger partial charge in [-0.25, -0.2) is 5.32 Å². The standard InChI is InChI=1S/C28H33ClN4O2/c29-24-18-25-27(31-26(24)21-6-10-22(11-7-21)33-14-16-34-17-15-33)32-28(30-25)35-23-12-8-20(9-13-23)19-4-2-1-3-5-19/h6-13,18-19,25,27-28,30,32H,1-5,14-17H2. The first kappa shape index (κ1) is 23.0. The molecular weight excluding hydrogens is 460 g/mol. The lowest BCUT2D eigenvalue weighted by molar-refractivity contribution is 0.122. The Bertz CT molecular complexity index is 1070. The second-order valence-electron chi connectivity index (χ2n) is 9.84. The van der Waals surface area contributed by atoms with E-state index in [0.717, 1.165) is 43.3 Å². The van der Waals surface area contributed by atoms with E-state index >= 15 is 0 Å². The number of rotatable bonds is 5. The largest absolute Gasteiger partial charge is 0.462 e. The zero-order chi connectivity index (χ0) is 23.6. The molecule has 0 radical (unpaired) electrons. The summed E-state index contributed by atoms with van der Waals surface area (Å²) in [6.07, 6.45) is 8.26. The number of allylic oxidation sites excluding steroid dienone is 1. The van der Waals surface area contributed by atoms with Crippen LogP contribution in [-0.4, -0.2) is 50.6 Å². The average Bonchev–Trinajstić information content (AvgIpc) is 3.30. The summed E-state index contributed by atoms with van der Waals surface area (Å²) in [5, 5.41) is 7.57. The Morgan fingerprint density at radius 2 is 1.66 bits per heavy atom. The summed E-state index contributed by atoms with van der Waals surface area (Å²) in [4.78, 5) is 7.28. The molecule has 4 aliphatic rings. The van der Waals surface area contributed by atoms with Gasteiger partial charge in [-0.1, -0.05) is 55.1 Å². The van der Waals surface area contributed by atoms with E-state index in [1.165, 1.54) is 43.4 Å². The molecule has 3 aliphatic heterocycles. The molecule has 6 nitrogen and oxygen atoms in total. The fourth-order valence-electron chi connectivity index (χ4n) is 5.59. The van der Waals surface area contributed by atoms with Crippen molar-refractivity contribution >= 4 is 23.0 Å². The van der Waals surface area contributed by atoms with Gasteiger partial charge in [0.25, 0.3) is 0 Å². The second kappa shape index (κ2) is 10.3. The first-order chi connectivity index (χ1) is 17.2. The minimum atomic E-state index is -0.321. The number of benzene rings is 2. The first-order valence-electron chi connectivity index (χ1n) is 12.9. The van der Waals surface area contributed by atoms with Gasteiger partial charge in [0.05, 0.1) is 30.0 Å². The maximum atomic E-state index is 6.67. The van der Waals surface area contributed by atoms with Crippen LogP contribution in [0.2, 0.25) is 0 Å². The topological polar surface area (TPSA) is 58.1 Å². The number of anilines is 1. The van der Waals surface area contributed by atoms with Gasteiger partial charge in [-0.3, -0.25) is 10.3 Å². The maximum absolute atomic E-state index is 6.67. The zero-order valence-electron chi connectivity index (χ0n) is 20.0. The number of fused-ring (bicyclic) bond motifs is 1. The Hall–Kier alpha value is -2.38. The summed E-state index contributed by atoms with van der Waals surface area (Å²) in [6.45, 7) is 3.40. The van der Waals surface area contributed by atoms with E-state index in [1.807, 2.05) is 6.08 Å². The molecule has 0 amide bonds. The number of morpholine rings is 1. The maximum Gasteiger partial charge on any atom is 0.209 e. The van der Waals surface area contributed by atoms with Crippen LogP contribution in [0.4, 0.5) is 5.69 Å². The molecule has 3 fully saturated rings. The molecule has 3 heterocycles. The van der Waals surface area contributed by atoms with Gasteiger partial charge in [0.2, 0.25) is 6.35 Å². The van der Waals surface area contributed by atoms with Gasteiger partial charge in [0.15, 0.2) is 0 Å². The van der Waals surface area contributed by atoms with Gasteiger partial charge in [0, 0.05) is 24.3 Å². The molecule has 0 bridgehead atoms. The normalized spacial score (nSPS) is 27.2. The van der Waals surface area contributed by atoms with Crippen molar-refractivity contribution in [2.24, 2.45) is 4.99 Å². The van der Waals surface area contributed by atoms with Gasteiger partial charge in [-0.2, -0.15) is 0 Å². The number of nitrogens with zero attached hydrogens (tertiary/aromatic N) is 2. The van der Waals surface area contributed by atoms with Crippen molar-refractivity contribution in [1.82, 2.24) is 10.6 Å². The van der Waals surface area contributed by atoms with E-state index in [1.54, 1.807) is 0 Å². The molecule has 35 heavy (non-hydrogen) atoms. The van der Waals surface area contributed by atoms with E-state index in [-0.39, 0.29) is 18.6 Å². The van der Waals surface area contributed by atoms with Gasteiger partial charge in [-0.05, 0) is 54.7 Å². The van der Waals surface area contributed by atoms with Crippen LogP contribution >= 0.6 is 11.6 Å². The van der Waals surface area contributed by atoms with E-state index in [2.05, 4.69) is 64.1 Å². The van der Waals surface area contributed by atoms with Crippen LogP contribution in [0.15, 0.2) is 64.6 Å². The monoisotopic (exact) mass is 492 g/mol. The quantitative estimate of drug-likeness (QED) is 0.631. The smallest absolute Gasteiger partial charge is 0.209 e.